The molecule has 2 unspecified atom stereocenters. The Morgan fingerprint density at radius 3 is 2.50 bits per heavy atom. The smallest absolute Gasteiger partial charge is 0.103 e. The quantitative estimate of drug-likeness (QED) is 0.867. The molecule has 96 valence electrons. The SMILES string of the molecule is Cc1ncc(C(C)CCC(C)c2ccccn2)[nH]1. The Bertz CT molecular complexity index is 475. The van der Waals surface area contributed by atoms with Crippen LogP contribution in [0.25, 0.3) is 0 Å². The van der Waals surface area contributed by atoms with Gasteiger partial charge in [0.15, 0.2) is 0 Å². The Kier molecular flexibility index (Phi) is 4.13. The van der Waals surface area contributed by atoms with E-state index in [1.54, 1.807) is 0 Å². The molecule has 0 aliphatic heterocycles. The van der Waals surface area contributed by atoms with Crippen LogP contribution in [0.2, 0.25) is 0 Å². The highest BCUT2D eigenvalue weighted by Gasteiger charge is 2.12. The Labute approximate surface area is 109 Å². The number of pyridine rings is 1. The van der Waals surface area contributed by atoms with Crippen LogP contribution in [0.15, 0.2) is 30.6 Å². The van der Waals surface area contributed by atoms with E-state index in [4.69, 9.17) is 0 Å². The Hall–Kier alpha value is -1.64. The van der Waals surface area contributed by atoms with E-state index >= 15 is 0 Å². The zero-order valence-corrected chi connectivity index (χ0v) is 11.4. The molecule has 0 spiro atoms. The normalized spacial score (nSPS) is 14.4. The molecule has 2 rings (SSSR count). The number of hydrogen-bond donors (Lipinski definition) is 1. The minimum atomic E-state index is 0.512. The fourth-order valence-corrected chi connectivity index (χ4v) is 2.16. The van der Waals surface area contributed by atoms with E-state index in [1.165, 1.54) is 11.4 Å². The van der Waals surface area contributed by atoms with Gasteiger partial charge in [0.2, 0.25) is 0 Å². The fraction of sp³-hybridized carbons (Fsp3) is 0.467. The van der Waals surface area contributed by atoms with Gasteiger partial charge in [-0.2, -0.15) is 0 Å². The topological polar surface area (TPSA) is 41.6 Å². The molecule has 2 heterocycles. The molecule has 0 fully saturated rings. The van der Waals surface area contributed by atoms with E-state index in [2.05, 4.69) is 40.9 Å². The molecule has 0 bridgehead atoms. The van der Waals surface area contributed by atoms with Crippen molar-refractivity contribution >= 4 is 0 Å². The van der Waals surface area contributed by atoms with Gasteiger partial charge in [0.25, 0.3) is 0 Å². The van der Waals surface area contributed by atoms with Gasteiger partial charge in [-0.3, -0.25) is 4.98 Å². The van der Waals surface area contributed by atoms with Crippen LogP contribution in [-0.4, -0.2) is 15.0 Å². The zero-order valence-electron chi connectivity index (χ0n) is 11.4. The number of aromatic nitrogens is 3. The molecule has 2 aromatic rings. The van der Waals surface area contributed by atoms with Crippen molar-refractivity contribution in [2.75, 3.05) is 0 Å². The highest BCUT2D eigenvalue weighted by molar-refractivity contribution is 5.09. The van der Waals surface area contributed by atoms with Gasteiger partial charge >= 0.3 is 0 Å². The van der Waals surface area contributed by atoms with E-state index in [1.807, 2.05) is 25.4 Å². The predicted octanol–water partition coefficient (Wildman–Crippen LogP) is 3.80. The highest BCUT2D eigenvalue weighted by atomic mass is 14.9. The Morgan fingerprint density at radius 2 is 1.89 bits per heavy atom. The highest BCUT2D eigenvalue weighted by Crippen LogP contribution is 2.25. The Balaban J connectivity index is 1.88. The predicted molar refractivity (Wildman–Crippen MR) is 73.6 cm³/mol. The molecular formula is C15H21N3. The van der Waals surface area contributed by atoms with Gasteiger partial charge in [0.1, 0.15) is 5.82 Å². The molecule has 0 amide bonds. The van der Waals surface area contributed by atoms with Gasteiger partial charge in [-0.15, -0.1) is 0 Å². The minimum Gasteiger partial charge on any atom is -0.346 e. The van der Waals surface area contributed by atoms with Gasteiger partial charge in [0.05, 0.1) is 0 Å². The molecule has 1 N–H and O–H groups in total. The van der Waals surface area contributed by atoms with Crippen LogP contribution in [0.4, 0.5) is 0 Å². The second kappa shape index (κ2) is 5.80. The lowest BCUT2D eigenvalue weighted by molar-refractivity contribution is 0.559. The van der Waals surface area contributed by atoms with Crippen LogP contribution in [0.1, 0.15) is 55.7 Å². The van der Waals surface area contributed by atoms with Crippen molar-refractivity contribution in [1.29, 1.82) is 0 Å². The number of aromatic amines is 1. The van der Waals surface area contributed by atoms with E-state index in [-0.39, 0.29) is 0 Å². The maximum atomic E-state index is 4.41. The first-order chi connectivity index (χ1) is 8.66. The van der Waals surface area contributed by atoms with Crippen molar-refractivity contribution < 1.29 is 0 Å². The summed E-state index contributed by atoms with van der Waals surface area (Å²) in [6.45, 7) is 6.48. The van der Waals surface area contributed by atoms with Crippen molar-refractivity contribution in [1.82, 2.24) is 15.0 Å². The molecule has 2 atom stereocenters. The summed E-state index contributed by atoms with van der Waals surface area (Å²) < 4.78 is 0. The number of aryl methyl sites for hydroxylation is 1. The number of hydrogen-bond acceptors (Lipinski definition) is 2. The van der Waals surface area contributed by atoms with Crippen LogP contribution in [-0.2, 0) is 0 Å². The van der Waals surface area contributed by atoms with Crippen LogP contribution < -0.4 is 0 Å². The van der Waals surface area contributed by atoms with Gasteiger partial charge < -0.3 is 4.98 Å². The average molecular weight is 243 g/mol. The lowest BCUT2D eigenvalue weighted by Gasteiger charge is -2.14. The molecule has 2 aromatic heterocycles. The van der Waals surface area contributed by atoms with Crippen molar-refractivity contribution in [2.24, 2.45) is 0 Å². The number of nitrogens with zero attached hydrogens (tertiary/aromatic N) is 2. The van der Waals surface area contributed by atoms with Crippen LogP contribution in [0, 0.1) is 6.92 Å². The summed E-state index contributed by atoms with van der Waals surface area (Å²) >= 11 is 0. The van der Waals surface area contributed by atoms with E-state index in [0.717, 1.165) is 18.7 Å². The van der Waals surface area contributed by atoms with Gasteiger partial charge in [-0.1, -0.05) is 19.9 Å². The molecule has 0 radical (unpaired) electrons. The number of nitrogens with one attached hydrogen (secondary N) is 1. The van der Waals surface area contributed by atoms with E-state index in [0.29, 0.717) is 11.8 Å². The summed E-state index contributed by atoms with van der Waals surface area (Å²) in [6.07, 6.45) is 6.12. The molecule has 0 saturated carbocycles. The first-order valence-corrected chi connectivity index (χ1v) is 6.59. The maximum absolute atomic E-state index is 4.41. The molecule has 0 aromatic carbocycles. The van der Waals surface area contributed by atoms with Gasteiger partial charge in [-0.25, -0.2) is 4.98 Å². The summed E-state index contributed by atoms with van der Waals surface area (Å²) in [6, 6.07) is 6.13. The zero-order chi connectivity index (χ0) is 13.0. The Morgan fingerprint density at radius 1 is 1.11 bits per heavy atom. The maximum Gasteiger partial charge on any atom is 0.103 e. The summed E-state index contributed by atoms with van der Waals surface area (Å²) in [7, 11) is 0. The third kappa shape index (κ3) is 3.19. The van der Waals surface area contributed by atoms with Gasteiger partial charge in [-0.05, 0) is 43.7 Å². The third-order valence-corrected chi connectivity index (χ3v) is 3.48. The summed E-state index contributed by atoms with van der Waals surface area (Å²) in [5, 5.41) is 0. The standard InChI is InChI=1S/C15H21N3/c1-11(14-6-4-5-9-16-14)7-8-12(2)15-10-17-13(3)18-15/h4-6,9-12H,7-8H2,1-3H3,(H,17,18). The van der Waals surface area contributed by atoms with E-state index < -0.39 is 0 Å². The second-order valence-corrected chi connectivity index (χ2v) is 5.06. The second-order valence-electron chi connectivity index (χ2n) is 5.06. The minimum absolute atomic E-state index is 0.512. The first-order valence-electron chi connectivity index (χ1n) is 6.59. The summed E-state index contributed by atoms with van der Waals surface area (Å²) in [5.41, 5.74) is 2.42. The molecule has 3 heteroatoms. The van der Waals surface area contributed by atoms with Crippen molar-refractivity contribution in [3.8, 4) is 0 Å². The number of imidazole rings is 1. The van der Waals surface area contributed by atoms with Crippen molar-refractivity contribution in [2.45, 2.75) is 45.4 Å². The number of H-pyrrole nitrogens is 1. The molecule has 0 aliphatic carbocycles. The average Bonchev–Trinajstić information content (AvgIpc) is 2.83. The lowest BCUT2D eigenvalue weighted by atomic mass is 9.94. The summed E-state index contributed by atoms with van der Waals surface area (Å²) in [5.74, 6) is 2.03. The third-order valence-electron chi connectivity index (χ3n) is 3.48. The largest absolute Gasteiger partial charge is 0.346 e. The number of rotatable bonds is 5. The molecule has 3 nitrogen and oxygen atoms in total. The molecule has 0 aliphatic rings. The summed E-state index contributed by atoms with van der Waals surface area (Å²) in [4.78, 5) is 12.0. The van der Waals surface area contributed by atoms with Crippen LogP contribution in [0.3, 0.4) is 0 Å². The fourth-order valence-electron chi connectivity index (χ4n) is 2.16. The van der Waals surface area contributed by atoms with Gasteiger partial charge in [0, 0.05) is 23.8 Å². The van der Waals surface area contributed by atoms with Crippen molar-refractivity contribution in [3.63, 3.8) is 0 Å². The molecule has 18 heavy (non-hydrogen) atoms. The molecule has 0 saturated heterocycles. The van der Waals surface area contributed by atoms with E-state index in [9.17, 15) is 0 Å². The monoisotopic (exact) mass is 243 g/mol. The first kappa shape index (κ1) is 12.8. The lowest BCUT2D eigenvalue weighted by Crippen LogP contribution is -2.00. The van der Waals surface area contributed by atoms with Crippen molar-refractivity contribution in [3.05, 3.63) is 47.8 Å². The van der Waals surface area contributed by atoms with Crippen LogP contribution >= 0.6 is 0 Å². The molecular weight excluding hydrogens is 222 g/mol. The van der Waals surface area contributed by atoms with Crippen LogP contribution in [0.5, 0.6) is 0 Å².